The van der Waals surface area contributed by atoms with Crippen LogP contribution in [0.5, 0.6) is 23.0 Å². The van der Waals surface area contributed by atoms with E-state index in [9.17, 15) is 14.4 Å². The van der Waals surface area contributed by atoms with Gasteiger partial charge < -0.3 is 24.3 Å². The SMILES string of the molecule is COc1ccc(NC(=O)C(=O)NN=Cc2ccc(OC(=O)c3ccc(OC)c(OC)c3)cc2)cc1. The van der Waals surface area contributed by atoms with Crippen molar-refractivity contribution >= 4 is 29.7 Å². The van der Waals surface area contributed by atoms with Crippen LogP contribution in [0, 0.1) is 0 Å². The predicted molar refractivity (Wildman–Crippen MR) is 128 cm³/mol. The third-order valence-corrected chi connectivity index (χ3v) is 4.64. The number of esters is 1. The lowest BCUT2D eigenvalue weighted by Gasteiger charge is -2.09. The summed E-state index contributed by atoms with van der Waals surface area (Å²) in [6.07, 6.45) is 1.35. The first-order valence-corrected chi connectivity index (χ1v) is 10.3. The summed E-state index contributed by atoms with van der Waals surface area (Å²) in [5, 5.41) is 6.22. The fraction of sp³-hybridized carbons (Fsp3) is 0.120. The molecule has 0 atom stereocenters. The molecule has 2 amide bonds. The Balaban J connectivity index is 1.52. The third-order valence-electron chi connectivity index (χ3n) is 4.64. The molecule has 2 N–H and O–H groups in total. The number of carbonyl (C=O) groups is 3. The number of ether oxygens (including phenoxy) is 4. The van der Waals surface area contributed by atoms with Crippen molar-refractivity contribution in [3.63, 3.8) is 0 Å². The number of hydrazone groups is 1. The number of hydrogen-bond donors (Lipinski definition) is 2. The van der Waals surface area contributed by atoms with Crippen molar-refractivity contribution in [1.82, 2.24) is 5.43 Å². The molecule has 0 aromatic heterocycles. The topological polar surface area (TPSA) is 125 Å². The fourth-order valence-electron chi connectivity index (χ4n) is 2.83. The fourth-order valence-corrected chi connectivity index (χ4v) is 2.83. The average molecular weight is 477 g/mol. The van der Waals surface area contributed by atoms with Crippen molar-refractivity contribution < 1.29 is 33.3 Å². The van der Waals surface area contributed by atoms with Crippen molar-refractivity contribution in [1.29, 1.82) is 0 Å². The Kier molecular flexibility index (Phi) is 8.38. The minimum atomic E-state index is -0.933. The number of amides is 2. The average Bonchev–Trinajstić information content (AvgIpc) is 2.89. The molecule has 3 rings (SSSR count). The third kappa shape index (κ3) is 6.81. The van der Waals surface area contributed by atoms with E-state index < -0.39 is 17.8 Å². The van der Waals surface area contributed by atoms with E-state index in [1.807, 2.05) is 0 Å². The smallest absolute Gasteiger partial charge is 0.343 e. The van der Waals surface area contributed by atoms with E-state index in [2.05, 4.69) is 15.8 Å². The monoisotopic (exact) mass is 477 g/mol. The van der Waals surface area contributed by atoms with Gasteiger partial charge in [0, 0.05) is 5.69 Å². The maximum Gasteiger partial charge on any atom is 0.343 e. The van der Waals surface area contributed by atoms with Crippen molar-refractivity contribution in [3.8, 4) is 23.0 Å². The van der Waals surface area contributed by atoms with Gasteiger partial charge in [-0.3, -0.25) is 9.59 Å². The molecule has 0 radical (unpaired) electrons. The molecule has 0 aliphatic carbocycles. The summed E-state index contributed by atoms with van der Waals surface area (Å²) in [5.41, 5.74) is 3.49. The van der Waals surface area contributed by atoms with E-state index in [4.69, 9.17) is 18.9 Å². The molecule has 10 heteroatoms. The second kappa shape index (κ2) is 11.8. The molecule has 180 valence electrons. The van der Waals surface area contributed by atoms with Crippen LogP contribution >= 0.6 is 0 Å². The Morgan fingerprint density at radius 3 is 2.03 bits per heavy atom. The molecule has 0 aliphatic rings. The zero-order chi connectivity index (χ0) is 25.2. The van der Waals surface area contributed by atoms with Gasteiger partial charge in [-0.2, -0.15) is 5.10 Å². The molecular weight excluding hydrogens is 454 g/mol. The molecule has 10 nitrogen and oxygen atoms in total. The summed E-state index contributed by atoms with van der Waals surface area (Å²) in [7, 11) is 4.51. The van der Waals surface area contributed by atoms with E-state index >= 15 is 0 Å². The van der Waals surface area contributed by atoms with Crippen LogP contribution in [0.2, 0.25) is 0 Å². The largest absolute Gasteiger partial charge is 0.497 e. The van der Waals surface area contributed by atoms with Crippen LogP contribution in [-0.2, 0) is 9.59 Å². The van der Waals surface area contributed by atoms with E-state index in [1.54, 1.807) is 60.7 Å². The van der Waals surface area contributed by atoms with Gasteiger partial charge in [0.2, 0.25) is 0 Å². The minimum absolute atomic E-state index is 0.295. The summed E-state index contributed by atoms with van der Waals surface area (Å²) in [6, 6.07) is 17.6. The molecular formula is C25H23N3O7. The van der Waals surface area contributed by atoms with Gasteiger partial charge >= 0.3 is 17.8 Å². The number of anilines is 1. The van der Waals surface area contributed by atoms with E-state index in [-0.39, 0.29) is 0 Å². The van der Waals surface area contributed by atoms with Crippen molar-refractivity contribution in [3.05, 3.63) is 77.9 Å². The molecule has 0 fully saturated rings. The number of methoxy groups -OCH3 is 3. The van der Waals surface area contributed by atoms with Gasteiger partial charge in [-0.25, -0.2) is 10.2 Å². The molecule has 0 heterocycles. The lowest BCUT2D eigenvalue weighted by Crippen LogP contribution is -2.32. The Morgan fingerprint density at radius 2 is 1.40 bits per heavy atom. The van der Waals surface area contributed by atoms with Crippen molar-refractivity contribution in [2.75, 3.05) is 26.6 Å². The number of carbonyl (C=O) groups excluding carboxylic acids is 3. The van der Waals surface area contributed by atoms with Crippen LogP contribution in [0.3, 0.4) is 0 Å². The van der Waals surface area contributed by atoms with E-state index in [1.165, 1.54) is 33.6 Å². The molecule has 3 aromatic carbocycles. The van der Waals surface area contributed by atoms with Gasteiger partial charge in [0.05, 0.1) is 33.1 Å². The van der Waals surface area contributed by atoms with E-state index in [0.29, 0.717) is 39.8 Å². The van der Waals surface area contributed by atoms with Crippen LogP contribution in [0.4, 0.5) is 5.69 Å². The predicted octanol–water partition coefficient (Wildman–Crippen LogP) is 3.02. The quantitative estimate of drug-likeness (QED) is 0.168. The lowest BCUT2D eigenvalue weighted by atomic mass is 10.2. The summed E-state index contributed by atoms with van der Waals surface area (Å²) in [4.78, 5) is 36.3. The molecule has 0 aliphatic heterocycles. The zero-order valence-corrected chi connectivity index (χ0v) is 19.2. The highest BCUT2D eigenvalue weighted by molar-refractivity contribution is 6.39. The van der Waals surface area contributed by atoms with Gasteiger partial charge in [-0.15, -0.1) is 0 Å². The highest BCUT2D eigenvalue weighted by Crippen LogP contribution is 2.28. The first kappa shape index (κ1) is 24.8. The van der Waals surface area contributed by atoms with Crippen LogP contribution in [0.15, 0.2) is 71.8 Å². The lowest BCUT2D eigenvalue weighted by molar-refractivity contribution is -0.136. The maximum absolute atomic E-state index is 12.4. The van der Waals surface area contributed by atoms with Crippen LogP contribution in [0.25, 0.3) is 0 Å². The van der Waals surface area contributed by atoms with Gasteiger partial charge in [0.1, 0.15) is 11.5 Å². The molecule has 0 bridgehead atoms. The number of nitrogens with one attached hydrogen (secondary N) is 2. The number of hydrogen-bond acceptors (Lipinski definition) is 8. The molecule has 0 saturated carbocycles. The summed E-state index contributed by atoms with van der Waals surface area (Å²) in [5.74, 6) is -0.528. The molecule has 0 saturated heterocycles. The van der Waals surface area contributed by atoms with Gasteiger partial charge in [0.15, 0.2) is 11.5 Å². The summed E-state index contributed by atoms with van der Waals surface area (Å²) in [6.45, 7) is 0. The Labute approximate surface area is 201 Å². The van der Waals surface area contributed by atoms with Crippen LogP contribution in [0.1, 0.15) is 15.9 Å². The summed E-state index contributed by atoms with van der Waals surface area (Å²) < 4.78 is 20.7. The Bertz CT molecular complexity index is 1220. The van der Waals surface area contributed by atoms with Crippen molar-refractivity contribution in [2.24, 2.45) is 5.10 Å². The zero-order valence-electron chi connectivity index (χ0n) is 19.2. The highest BCUT2D eigenvalue weighted by atomic mass is 16.5. The second-order valence-electron chi connectivity index (χ2n) is 6.91. The van der Waals surface area contributed by atoms with Gasteiger partial charge in [-0.05, 0) is 72.3 Å². The van der Waals surface area contributed by atoms with Crippen LogP contribution < -0.4 is 29.7 Å². The maximum atomic E-state index is 12.4. The Morgan fingerprint density at radius 1 is 0.743 bits per heavy atom. The number of nitrogens with zero attached hydrogens (tertiary/aromatic N) is 1. The summed E-state index contributed by atoms with van der Waals surface area (Å²) >= 11 is 0. The normalized spacial score (nSPS) is 10.4. The van der Waals surface area contributed by atoms with Gasteiger partial charge in [0.25, 0.3) is 0 Å². The van der Waals surface area contributed by atoms with Crippen molar-refractivity contribution in [2.45, 2.75) is 0 Å². The Hall–Kier alpha value is -4.86. The minimum Gasteiger partial charge on any atom is -0.497 e. The first-order valence-electron chi connectivity index (χ1n) is 10.3. The van der Waals surface area contributed by atoms with Crippen LogP contribution in [-0.4, -0.2) is 45.3 Å². The van der Waals surface area contributed by atoms with E-state index in [0.717, 1.165) is 0 Å². The highest BCUT2D eigenvalue weighted by Gasteiger charge is 2.14. The standard InChI is InChI=1S/C25H23N3O7/c1-32-19-11-7-18(8-12-19)27-23(29)24(30)28-26-15-16-4-9-20(10-5-16)35-25(31)17-6-13-21(33-2)22(14-17)34-3/h4-15H,1-3H3,(H,27,29)(H,28,30). The molecule has 0 unspecified atom stereocenters. The second-order valence-corrected chi connectivity index (χ2v) is 6.91. The number of rotatable bonds is 8. The molecule has 35 heavy (non-hydrogen) atoms. The number of benzene rings is 3. The molecule has 3 aromatic rings. The molecule has 0 spiro atoms. The first-order chi connectivity index (χ1) is 16.9. The van der Waals surface area contributed by atoms with Gasteiger partial charge in [-0.1, -0.05) is 0 Å².